The molecule has 0 spiro atoms. The number of rotatable bonds is 6. The fourth-order valence-corrected chi connectivity index (χ4v) is 5.54. The predicted molar refractivity (Wildman–Crippen MR) is 126 cm³/mol. The van der Waals surface area contributed by atoms with Gasteiger partial charge in [-0.1, -0.05) is 17.4 Å². The third kappa shape index (κ3) is 3.96. The molecule has 0 aliphatic carbocycles. The van der Waals surface area contributed by atoms with Crippen LogP contribution in [0.4, 0.5) is 0 Å². The van der Waals surface area contributed by atoms with Crippen molar-refractivity contribution in [1.29, 1.82) is 0 Å². The number of carbonyl (C=O) groups is 1. The van der Waals surface area contributed by atoms with E-state index in [4.69, 9.17) is 18.9 Å². The minimum Gasteiger partial charge on any atom is -0.493 e. The van der Waals surface area contributed by atoms with E-state index >= 15 is 0 Å². The summed E-state index contributed by atoms with van der Waals surface area (Å²) in [6, 6.07) is 6.53. The highest BCUT2D eigenvalue weighted by Gasteiger charge is 2.34. The summed E-state index contributed by atoms with van der Waals surface area (Å²) in [5.41, 5.74) is 1.09. The molecule has 0 bridgehead atoms. The molecule has 10 heteroatoms. The first-order chi connectivity index (χ1) is 15.9. The van der Waals surface area contributed by atoms with Crippen molar-refractivity contribution in [2.24, 2.45) is 4.99 Å². The molecule has 8 nitrogen and oxygen atoms in total. The van der Waals surface area contributed by atoms with E-state index in [0.29, 0.717) is 37.8 Å². The van der Waals surface area contributed by atoms with Gasteiger partial charge in [0.15, 0.2) is 16.3 Å². The lowest BCUT2D eigenvalue weighted by atomic mass is 9.95. The van der Waals surface area contributed by atoms with Crippen molar-refractivity contribution in [3.05, 3.63) is 71.0 Å². The van der Waals surface area contributed by atoms with Crippen LogP contribution in [0.2, 0.25) is 0 Å². The molecule has 0 amide bonds. The van der Waals surface area contributed by atoms with E-state index < -0.39 is 12.0 Å². The molecule has 0 saturated heterocycles. The number of methoxy groups -OCH3 is 4. The molecule has 0 radical (unpaired) electrons. The van der Waals surface area contributed by atoms with Crippen LogP contribution in [0.1, 0.15) is 23.4 Å². The van der Waals surface area contributed by atoms with Crippen LogP contribution in [0.5, 0.6) is 17.2 Å². The fourth-order valence-electron chi connectivity index (χ4n) is 3.77. The molecule has 1 aliphatic heterocycles. The van der Waals surface area contributed by atoms with E-state index in [-0.39, 0.29) is 11.1 Å². The maximum atomic E-state index is 13.5. The van der Waals surface area contributed by atoms with Crippen LogP contribution in [-0.4, -0.2) is 39.0 Å². The number of thiophene rings is 1. The quantitative estimate of drug-likeness (QED) is 0.498. The smallest absolute Gasteiger partial charge is 0.338 e. The van der Waals surface area contributed by atoms with Gasteiger partial charge in [0, 0.05) is 4.88 Å². The van der Waals surface area contributed by atoms with Crippen molar-refractivity contribution in [2.75, 3.05) is 28.4 Å². The molecular formula is C23H22N2O6S2. The van der Waals surface area contributed by atoms with Crippen LogP contribution < -0.4 is 29.1 Å². The summed E-state index contributed by atoms with van der Waals surface area (Å²) >= 11 is 2.81. The molecule has 0 fully saturated rings. The highest BCUT2D eigenvalue weighted by Crippen LogP contribution is 2.42. The van der Waals surface area contributed by atoms with Gasteiger partial charge in [-0.05, 0) is 42.1 Å². The number of carbonyl (C=O) groups excluding carboxylic acids is 1. The van der Waals surface area contributed by atoms with Gasteiger partial charge in [-0.25, -0.2) is 9.79 Å². The molecule has 3 aromatic rings. The largest absolute Gasteiger partial charge is 0.493 e. The van der Waals surface area contributed by atoms with Crippen molar-refractivity contribution in [3.8, 4) is 17.2 Å². The summed E-state index contributed by atoms with van der Waals surface area (Å²) in [6.45, 7) is 1.73. The fraction of sp³-hybridized carbons (Fsp3) is 0.261. The third-order valence-electron chi connectivity index (χ3n) is 5.25. The number of fused-ring (bicyclic) bond motifs is 1. The van der Waals surface area contributed by atoms with Crippen LogP contribution in [0.3, 0.4) is 0 Å². The molecule has 0 saturated carbocycles. The molecule has 0 N–H and O–H groups in total. The lowest BCUT2D eigenvalue weighted by Crippen LogP contribution is -2.39. The second kappa shape index (κ2) is 9.24. The number of aromatic nitrogens is 1. The van der Waals surface area contributed by atoms with Gasteiger partial charge < -0.3 is 18.9 Å². The first-order valence-electron chi connectivity index (χ1n) is 9.87. The number of thiazole rings is 1. The number of esters is 1. The van der Waals surface area contributed by atoms with Gasteiger partial charge in [-0.3, -0.25) is 9.36 Å². The van der Waals surface area contributed by atoms with Gasteiger partial charge in [0.2, 0.25) is 5.75 Å². The number of ether oxygens (including phenoxy) is 4. The summed E-state index contributed by atoms with van der Waals surface area (Å²) in [6.07, 6.45) is 1.83. The monoisotopic (exact) mass is 486 g/mol. The molecule has 2 aromatic heterocycles. The van der Waals surface area contributed by atoms with E-state index in [0.717, 1.165) is 4.88 Å². The normalized spacial score (nSPS) is 15.7. The Bertz CT molecular complexity index is 1390. The number of nitrogens with zero attached hydrogens (tertiary/aromatic N) is 2. The van der Waals surface area contributed by atoms with Gasteiger partial charge in [-0.15, -0.1) is 11.3 Å². The molecule has 0 unspecified atom stereocenters. The average molecular weight is 487 g/mol. The summed E-state index contributed by atoms with van der Waals surface area (Å²) in [5, 5.41) is 1.95. The summed E-state index contributed by atoms with van der Waals surface area (Å²) in [7, 11) is 5.83. The molecular weight excluding hydrogens is 464 g/mol. The van der Waals surface area contributed by atoms with Crippen LogP contribution in [-0.2, 0) is 9.53 Å². The Morgan fingerprint density at radius 1 is 1.12 bits per heavy atom. The van der Waals surface area contributed by atoms with E-state index in [2.05, 4.69) is 4.99 Å². The van der Waals surface area contributed by atoms with Crippen molar-refractivity contribution in [3.63, 3.8) is 0 Å². The molecule has 33 heavy (non-hydrogen) atoms. The Hall–Kier alpha value is -3.37. The van der Waals surface area contributed by atoms with E-state index in [9.17, 15) is 9.59 Å². The number of hydrogen-bond donors (Lipinski definition) is 0. The maximum absolute atomic E-state index is 13.5. The highest BCUT2D eigenvalue weighted by atomic mass is 32.1. The third-order valence-corrected chi connectivity index (χ3v) is 7.05. The Morgan fingerprint density at radius 2 is 1.82 bits per heavy atom. The van der Waals surface area contributed by atoms with Crippen LogP contribution >= 0.6 is 22.7 Å². The molecule has 3 heterocycles. The first-order valence-corrected chi connectivity index (χ1v) is 11.6. The zero-order valence-corrected chi connectivity index (χ0v) is 20.3. The minimum atomic E-state index is -0.784. The summed E-state index contributed by atoms with van der Waals surface area (Å²) < 4.78 is 23.5. The van der Waals surface area contributed by atoms with Gasteiger partial charge >= 0.3 is 5.97 Å². The second-order valence-electron chi connectivity index (χ2n) is 7.05. The standard InChI is InChI=1S/C23H22N2O6S2/c1-12-18(22(27)31-5)19(13-9-15(28-2)20(30-4)16(10-13)29-3)25-21(26)17(33-23(25)24-12)11-14-7-6-8-32-14/h6-11,19H,1-5H3/b17-11+/t19-/m0/s1. The van der Waals surface area contributed by atoms with Gasteiger partial charge in [0.05, 0.1) is 50.3 Å². The molecule has 1 atom stereocenters. The summed E-state index contributed by atoms with van der Waals surface area (Å²) in [4.78, 5) is 32.4. The average Bonchev–Trinajstić information content (AvgIpc) is 3.44. The van der Waals surface area contributed by atoms with E-state index in [1.807, 2.05) is 23.6 Å². The molecule has 4 rings (SSSR count). The SMILES string of the molecule is COC(=O)C1=C(C)N=c2s/c(=C/c3cccs3)c(=O)n2[C@H]1c1cc(OC)c(OC)c(OC)c1. The van der Waals surface area contributed by atoms with Gasteiger partial charge in [-0.2, -0.15) is 0 Å². The first kappa shape index (κ1) is 22.8. The minimum absolute atomic E-state index is 0.250. The van der Waals surface area contributed by atoms with Crippen molar-refractivity contribution < 1.29 is 23.7 Å². The number of benzene rings is 1. The highest BCUT2D eigenvalue weighted by molar-refractivity contribution is 7.11. The number of hydrogen-bond acceptors (Lipinski definition) is 9. The second-order valence-corrected chi connectivity index (χ2v) is 9.04. The van der Waals surface area contributed by atoms with E-state index in [1.54, 1.807) is 19.1 Å². The summed E-state index contributed by atoms with van der Waals surface area (Å²) in [5.74, 6) is 0.662. The maximum Gasteiger partial charge on any atom is 0.338 e. The van der Waals surface area contributed by atoms with E-state index in [1.165, 1.54) is 55.7 Å². The predicted octanol–water partition coefficient (Wildman–Crippen LogP) is 2.50. The van der Waals surface area contributed by atoms with Crippen molar-refractivity contribution >= 4 is 34.7 Å². The zero-order valence-electron chi connectivity index (χ0n) is 18.7. The van der Waals surface area contributed by atoms with Gasteiger partial charge in [0.25, 0.3) is 5.56 Å². The Labute approximate surface area is 197 Å². The molecule has 1 aromatic carbocycles. The van der Waals surface area contributed by atoms with Crippen LogP contribution in [0.25, 0.3) is 6.08 Å². The Kier molecular flexibility index (Phi) is 6.39. The molecule has 1 aliphatic rings. The van der Waals surface area contributed by atoms with Crippen molar-refractivity contribution in [2.45, 2.75) is 13.0 Å². The van der Waals surface area contributed by atoms with Gasteiger partial charge in [0.1, 0.15) is 0 Å². The van der Waals surface area contributed by atoms with Crippen molar-refractivity contribution in [1.82, 2.24) is 4.57 Å². The molecule has 172 valence electrons. The Balaban J connectivity index is 2.03. The van der Waals surface area contributed by atoms with Crippen LogP contribution in [0, 0.1) is 0 Å². The zero-order chi connectivity index (χ0) is 23.7. The number of allylic oxidation sites excluding steroid dienone is 1. The lowest BCUT2D eigenvalue weighted by molar-refractivity contribution is -0.136. The topological polar surface area (TPSA) is 88.4 Å². The van der Waals surface area contributed by atoms with Crippen LogP contribution in [0.15, 0.2) is 50.7 Å². The Morgan fingerprint density at radius 3 is 2.36 bits per heavy atom. The lowest BCUT2D eigenvalue weighted by Gasteiger charge is -2.25.